The van der Waals surface area contributed by atoms with E-state index in [2.05, 4.69) is 5.32 Å². The van der Waals surface area contributed by atoms with E-state index in [1.54, 1.807) is 7.05 Å². The van der Waals surface area contributed by atoms with Gasteiger partial charge in [-0.1, -0.05) is 0 Å². The van der Waals surface area contributed by atoms with Gasteiger partial charge in [0.05, 0.1) is 17.7 Å². The minimum Gasteiger partial charge on any atom is -0.310 e. The molecular weight excluding hydrogens is 232 g/mol. The van der Waals surface area contributed by atoms with Crippen LogP contribution < -0.4 is 5.32 Å². The monoisotopic (exact) mass is 246 g/mol. The van der Waals surface area contributed by atoms with E-state index < -0.39 is 17.1 Å². The van der Waals surface area contributed by atoms with Crippen molar-refractivity contribution in [1.29, 1.82) is 0 Å². The maximum atomic E-state index is 11.3. The first-order chi connectivity index (χ1) is 7.47. The Bertz CT molecular complexity index is 321. The Balaban J connectivity index is 2.47. The molecule has 90 valence electrons. The van der Waals surface area contributed by atoms with E-state index in [1.165, 1.54) is 18.7 Å². The van der Waals surface area contributed by atoms with Crippen LogP contribution in [-0.2, 0) is 14.4 Å². The van der Waals surface area contributed by atoms with Crippen molar-refractivity contribution in [3.63, 3.8) is 0 Å². The molecule has 0 saturated carbocycles. The third-order valence-electron chi connectivity index (χ3n) is 2.38. The molecule has 1 fully saturated rings. The van der Waals surface area contributed by atoms with Gasteiger partial charge in [0.25, 0.3) is 11.8 Å². The maximum Gasteiger partial charge on any atom is 0.266 e. The lowest BCUT2D eigenvalue weighted by Crippen LogP contribution is -2.36. The lowest BCUT2D eigenvalue weighted by atomic mass is 10.2. The van der Waals surface area contributed by atoms with Gasteiger partial charge in [0.2, 0.25) is 0 Å². The first-order valence-electron chi connectivity index (χ1n) is 4.82. The normalized spacial score (nSPS) is 22.7. The molecule has 0 spiro atoms. The van der Waals surface area contributed by atoms with Gasteiger partial charge in [-0.05, 0) is 14.0 Å². The van der Waals surface area contributed by atoms with Crippen molar-refractivity contribution in [2.45, 2.75) is 24.6 Å². The number of Topliss-reactive ketones (excluding diaryl/α,β-unsaturated/α-hetero) is 1. The van der Waals surface area contributed by atoms with E-state index in [4.69, 9.17) is 5.21 Å². The standard InChI is InChI=1S/C9H14N2O4S/c1-5(12)6(10-2)4-16-7-3-8(13)11(15)9(7)14/h6-7,10,15H,3-4H2,1-2H3/t6-,7?/m0/s1. The number of rotatable bonds is 5. The molecule has 1 aliphatic rings. The van der Waals surface area contributed by atoms with Crippen LogP contribution in [-0.4, -0.2) is 52.0 Å². The number of ketones is 1. The zero-order valence-electron chi connectivity index (χ0n) is 9.10. The van der Waals surface area contributed by atoms with Crippen LogP contribution in [0.3, 0.4) is 0 Å². The molecule has 2 amide bonds. The van der Waals surface area contributed by atoms with Crippen molar-refractivity contribution in [2.75, 3.05) is 12.8 Å². The van der Waals surface area contributed by atoms with Gasteiger partial charge in [-0.15, -0.1) is 11.8 Å². The number of carbonyl (C=O) groups excluding carboxylic acids is 3. The van der Waals surface area contributed by atoms with Crippen LogP contribution >= 0.6 is 11.8 Å². The largest absolute Gasteiger partial charge is 0.310 e. The van der Waals surface area contributed by atoms with Gasteiger partial charge >= 0.3 is 0 Å². The summed E-state index contributed by atoms with van der Waals surface area (Å²) in [6.07, 6.45) is -0.00562. The highest BCUT2D eigenvalue weighted by molar-refractivity contribution is 8.00. The highest BCUT2D eigenvalue weighted by atomic mass is 32.2. The molecule has 0 bridgehead atoms. The Morgan fingerprint density at radius 3 is 2.69 bits per heavy atom. The molecule has 1 unspecified atom stereocenters. The summed E-state index contributed by atoms with van der Waals surface area (Å²) in [5.74, 6) is -0.809. The fraction of sp³-hybridized carbons (Fsp3) is 0.667. The zero-order chi connectivity index (χ0) is 12.3. The minimum atomic E-state index is -0.603. The van der Waals surface area contributed by atoms with Gasteiger partial charge in [-0.3, -0.25) is 19.6 Å². The number of nitrogens with zero attached hydrogens (tertiary/aromatic N) is 1. The van der Waals surface area contributed by atoms with Crippen LogP contribution in [0.25, 0.3) is 0 Å². The highest BCUT2D eigenvalue weighted by Gasteiger charge is 2.38. The van der Waals surface area contributed by atoms with Crippen LogP contribution in [0.1, 0.15) is 13.3 Å². The summed E-state index contributed by atoms with van der Waals surface area (Å²) in [5.41, 5.74) is 0. The van der Waals surface area contributed by atoms with Gasteiger partial charge < -0.3 is 5.32 Å². The fourth-order valence-electron chi connectivity index (χ4n) is 1.34. The van der Waals surface area contributed by atoms with E-state index in [0.29, 0.717) is 5.75 Å². The number of likely N-dealkylation sites (N-methyl/N-ethyl adjacent to an activating group) is 1. The average Bonchev–Trinajstić information content (AvgIpc) is 2.47. The maximum absolute atomic E-state index is 11.3. The van der Waals surface area contributed by atoms with Gasteiger partial charge in [-0.25, -0.2) is 0 Å². The first-order valence-corrected chi connectivity index (χ1v) is 5.87. The summed E-state index contributed by atoms with van der Waals surface area (Å²) < 4.78 is 0. The summed E-state index contributed by atoms with van der Waals surface area (Å²) in [6.45, 7) is 1.46. The topological polar surface area (TPSA) is 86.7 Å². The molecule has 0 aromatic heterocycles. The molecule has 0 radical (unpaired) electrons. The molecule has 1 heterocycles. The predicted octanol–water partition coefficient (Wildman–Crippen LogP) is -0.587. The van der Waals surface area contributed by atoms with Crippen molar-refractivity contribution in [3.05, 3.63) is 0 Å². The number of nitrogens with one attached hydrogen (secondary N) is 1. The lowest BCUT2D eigenvalue weighted by molar-refractivity contribution is -0.170. The molecule has 6 nitrogen and oxygen atoms in total. The molecule has 16 heavy (non-hydrogen) atoms. The number of hydrogen-bond acceptors (Lipinski definition) is 6. The van der Waals surface area contributed by atoms with E-state index in [-0.39, 0.29) is 23.3 Å². The van der Waals surface area contributed by atoms with Crippen molar-refractivity contribution >= 4 is 29.4 Å². The SMILES string of the molecule is CN[C@@H](CSC1CC(=O)N(O)C1=O)C(C)=O. The van der Waals surface area contributed by atoms with Gasteiger partial charge in [0, 0.05) is 5.75 Å². The summed E-state index contributed by atoms with van der Waals surface area (Å²) >= 11 is 1.21. The predicted molar refractivity (Wildman–Crippen MR) is 58.0 cm³/mol. The van der Waals surface area contributed by atoms with E-state index in [0.717, 1.165) is 0 Å². The Labute approximate surface area is 97.3 Å². The summed E-state index contributed by atoms with van der Waals surface area (Å²) in [4.78, 5) is 33.4. The van der Waals surface area contributed by atoms with Crippen molar-refractivity contribution in [3.8, 4) is 0 Å². The van der Waals surface area contributed by atoms with Crippen molar-refractivity contribution < 1.29 is 19.6 Å². The molecule has 2 N–H and O–H groups in total. The Hall–Kier alpha value is -0.920. The second-order valence-electron chi connectivity index (χ2n) is 3.52. The summed E-state index contributed by atoms with van der Waals surface area (Å²) in [6, 6.07) is -0.333. The quantitative estimate of drug-likeness (QED) is 0.498. The molecule has 0 aromatic rings. The van der Waals surface area contributed by atoms with Crippen molar-refractivity contribution in [1.82, 2.24) is 10.4 Å². The number of imide groups is 1. The average molecular weight is 246 g/mol. The van der Waals surface area contributed by atoms with Gasteiger partial charge in [0.15, 0.2) is 0 Å². The molecule has 1 saturated heterocycles. The van der Waals surface area contributed by atoms with Crippen LogP contribution in [0, 0.1) is 0 Å². The minimum absolute atomic E-state index is 0.00562. The molecule has 7 heteroatoms. The van der Waals surface area contributed by atoms with E-state index in [9.17, 15) is 14.4 Å². The third-order valence-corrected chi connectivity index (χ3v) is 3.68. The van der Waals surface area contributed by atoms with E-state index >= 15 is 0 Å². The Morgan fingerprint density at radius 2 is 2.31 bits per heavy atom. The Kier molecular flexibility index (Phi) is 4.45. The smallest absolute Gasteiger partial charge is 0.266 e. The summed E-state index contributed by atoms with van der Waals surface area (Å²) in [5, 5.41) is 11.4. The molecule has 0 aliphatic carbocycles. The lowest BCUT2D eigenvalue weighted by Gasteiger charge is -2.14. The van der Waals surface area contributed by atoms with Crippen molar-refractivity contribution in [2.24, 2.45) is 0 Å². The molecular formula is C9H14N2O4S. The molecule has 1 rings (SSSR count). The second kappa shape index (κ2) is 5.42. The van der Waals surface area contributed by atoms with Crippen LogP contribution in [0.5, 0.6) is 0 Å². The highest BCUT2D eigenvalue weighted by Crippen LogP contribution is 2.24. The summed E-state index contributed by atoms with van der Waals surface area (Å²) in [7, 11) is 1.66. The van der Waals surface area contributed by atoms with Crippen LogP contribution in [0.4, 0.5) is 0 Å². The molecule has 2 atom stereocenters. The van der Waals surface area contributed by atoms with Crippen LogP contribution in [0.2, 0.25) is 0 Å². The van der Waals surface area contributed by atoms with Gasteiger partial charge in [-0.2, -0.15) is 5.06 Å². The van der Waals surface area contributed by atoms with E-state index in [1.807, 2.05) is 0 Å². The Morgan fingerprint density at radius 1 is 1.69 bits per heavy atom. The zero-order valence-corrected chi connectivity index (χ0v) is 9.91. The number of hydrogen-bond donors (Lipinski definition) is 2. The second-order valence-corrected chi connectivity index (χ2v) is 4.76. The number of amides is 2. The van der Waals surface area contributed by atoms with Crippen LogP contribution in [0.15, 0.2) is 0 Å². The third kappa shape index (κ3) is 2.81. The number of hydroxylamine groups is 2. The number of thioether (sulfide) groups is 1. The first kappa shape index (κ1) is 13.1. The molecule has 0 aromatic carbocycles. The molecule has 1 aliphatic heterocycles. The van der Waals surface area contributed by atoms with Gasteiger partial charge in [0.1, 0.15) is 5.78 Å². The fourth-order valence-corrected chi connectivity index (χ4v) is 2.67. The number of carbonyl (C=O) groups is 3.